The largest absolute Gasteiger partial charge is 0.496 e. The second kappa shape index (κ2) is 6.41. The summed E-state index contributed by atoms with van der Waals surface area (Å²) in [5, 5.41) is 0. The summed E-state index contributed by atoms with van der Waals surface area (Å²) in [5.74, 6) is 0.00820. The van der Waals surface area contributed by atoms with Gasteiger partial charge in [0.2, 0.25) is 0 Å². The summed E-state index contributed by atoms with van der Waals surface area (Å²) >= 11 is 0. The SMILES string of the molecule is COc1ccccc1-c1nc(C(N)=O)c2[nH]c(=O)n(-c3ccccc3)c2n1. The van der Waals surface area contributed by atoms with Crippen LogP contribution < -0.4 is 16.2 Å². The van der Waals surface area contributed by atoms with Gasteiger partial charge in [-0.05, 0) is 24.3 Å². The number of imidazole rings is 1. The summed E-state index contributed by atoms with van der Waals surface area (Å²) in [6, 6.07) is 16.1. The summed E-state index contributed by atoms with van der Waals surface area (Å²) in [6.45, 7) is 0. The van der Waals surface area contributed by atoms with Gasteiger partial charge in [0.25, 0.3) is 5.91 Å². The minimum absolute atomic E-state index is 0.0623. The molecule has 0 unspecified atom stereocenters. The van der Waals surface area contributed by atoms with Crippen molar-refractivity contribution in [2.75, 3.05) is 7.11 Å². The molecule has 0 spiro atoms. The molecule has 0 saturated heterocycles. The summed E-state index contributed by atoms with van der Waals surface area (Å²) in [4.78, 5) is 36.0. The van der Waals surface area contributed by atoms with E-state index in [0.29, 0.717) is 17.0 Å². The number of para-hydroxylation sites is 2. The van der Waals surface area contributed by atoms with Crippen LogP contribution in [0.2, 0.25) is 0 Å². The Kier molecular flexibility index (Phi) is 3.92. The van der Waals surface area contributed by atoms with Crippen molar-refractivity contribution in [2.45, 2.75) is 0 Å². The lowest BCUT2D eigenvalue weighted by Gasteiger charge is -2.09. The highest BCUT2D eigenvalue weighted by molar-refractivity contribution is 6.02. The van der Waals surface area contributed by atoms with Gasteiger partial charge < -0.3 is 15.5 Å². The molecule has 0 aliphatic carbocycles. The zero-order valence-electron chi connectivity index (χ0n) is 14.3. The van der Waals surface area contributed by atoms with Gasteiger partial charge >= 0.3 is 5.69 Å². The quantitative estimate of drug-likeness (QED) is 0.576. The van der Waals surface area contributed by atoms with Gasteiger partial charge in [-0.15, -0.1) is 0 Å². The third-order valence-electron chi connectivity index (χ3n) is 4.13. The first-order chi connectivity index (χ1) is 13.1. The molecule has 8 nitrogen and oxygen atoms in total. The van der Waals surface area contributed by atoms with Crippen LogP contribution in [-0.4, -0.2) is 32.5 Å². The number of ether oxygens (including phenoxy) is 1. The van der Waals surface area contributed by atoms with Crippen molar-refractivity contribution in [2.24, 2.45) is 5.73 Å². The zero-order valence-corrected chi connectivity index (χ0v) is 14.3. The zero-order chi connectivity index (χ0) is 19.0. The molecule has 134 valence electrons. The molecule has 8 heteroatoms. The molecule has 0 aliphatic rings. The lowest BCUT2D eigenvalue weighted by atomic mass is 10.2. The van der Waals surface area contributed by atoms with Gasteiger partial charge in [-0.2, -0.15) is 0 Å². The van der Waals surface area contributed by atoms with Crippen molar-refractivity contribution >= 4 is 17.1 Å². The van der Waals surface area contributed by atoms with Crippen molar-refractivity contribution in [1.29, 1.82) is 0 Å². The van der Waals surface area contributed by atoms with E-state index in [-0.39, 0.29) is 22.7 Å². The number of nitrogens with two attached hydrogens (primary N) is 1. The van der Waals surface area contributed by atoms with Gasteiger partial charge in [-0.1, -0.05) is 30.3 Å². The van der Waals surface area contributed by atoms with E-state index < -0.39 is 11.6 Å². The molecule has 0 aliphatic heterocycles. The van der Waals surface area contributed by atoms with Crippen LogP contribution >= 0.6 is 0 Å². The van der Waals surface area contributed by atoms with E-state index >= 15 is 0 Å². The number of nitrogens with one attached hydrogen (secondary N) is 1. The van der Waals surface area contributed by atoms with Gasteiger partial charge in [0.15, 0.2) is 17.2 Å². The second-order valence-electron chi connectivity index (χ2n) is 5.76. The van der Waals surface area contributed by atoms with Crippen LogP contribution in [0.4, 0.5) is 0 Å². The fraction of sp³-hybridized carbons (Fsp3) is 0.0526. The Bertz CT molecular complexity index is 1210. The molecule has 0 fully saturated rings. The number of rotatable bonds is 4. The van der Waals surface area contributed by atoms with E-state index in [1.54, 1.807) is 42.5 Å². The molecule has 4 aromatic rings. The number of aromatic amines is 1. The molecule has 2 aromatic heterocycles. The minimum Gasteiger partial charge on any atom is -0.496 e. The maximum Gasteiger partial charge on any atom is 0.332 e. The Morgan fingerprint density at radius 2 is 1.78 bits per heavy atom. The smallest absolute Gasteiger partial charge is 0.332 e. The fourth-order valence-electron chi connectivity index (χ4n) is 2.93. The van der Waals surface area contributed by atoms with Crippen LogP contribution in [0, 0.1) is 0 Å². The van der Waals surface area contributed by atoms with Crippen LogP contribution in [0.25, 0.3) is 28.2 Å². The van der Waals surface area contributed by atoms with E-state index in [4.69, 9.17) is 10.5 Å². The average Bonchev–Trinajstić information content (AvgIpc) is 3.03. The molecule has 27 heavy (non-hydrogen) atoms. The topological polar surface area (TPSA) is 116 Å². The van der Waals surface area contributed by atoms with Crippen molar-refractivity contribution in [3.63, 3.8) is 0 Å². The van der Waals surface area contributed by atoms with Crippen LogP contribution in [0.5, 0.6) is 5.75 Å². The van der Waals surface area contributed by atoms with Gasteiger partial charge in [-0.3, -0.25) is 4.79 Å². The number of H-pyrrole nitrogens is 1. The van der Waals surface area contributed by atoms with Crippen molar-refractivity contribution in [3.05, 3.63) is 70.8 Å². The first kappa shape index (κ1) is 16.5. The number of carbonyl (C=O) groups is 1. The lowest BCUT2D eigenvalue weighted by Crippen LogP contribution is -2.15. The molecule has 2 heterocycles. The van der Waals surface area contributed by atoms with Gasteiger partial charge in [0.1, 0.15) is 11.3 Å². The highest BCUT2D eigenvalue weighted by Gasteiger charge is 2.21. The third kappa shape index (κ3) is 2.73. The van der Waals surface area contributed by atoms with Gasteiger partial charge in [0.05, 0.1) is 18.4 Å². The number of primary amides is 1. The van der Waals surface area contributed by atoms with E-state index in [1.165, 1.54) is 11.7 Å². The molecule has 0 saturated carbocycles. The van der Waals surface area contributed by atoms with Crippen LogP contribution in [-0.2, 0) is 0 Å². The molecule has 0 atom stereocenters. The Labute approximate surface area is 153 Å². The van der Waals surface area contributed by atoms with Crippen LogP contribution in [0.3, 0.4) is 0 Å². The molecule has 3 N–H and O–H groups in total. The van der Waals surface area contributed by atoms with E-state index in [9.17, 15) is 9.59 Å². The van der Waals surface area contributed by atoms with Crippen LogP contribution in [0.1, 0.15) is 10.5 Å². The number of nitrogens with zero attached hydrogens (tertiary/aromatic N) is 3. The average molecular weight is 361 g/mol. The number of carbonyl (C=O) groups excluding carboxylic acids is 1. The predicted octanol–water partition coefficient (Wildman–Crippen LogP) is 1.88. The van der Waals surface area contributed by atoms with E-state index in [1.807, 2.05) is 12.1 Å². The monoisotopic (exact) mass is 361 g/mol. The highest BCUT2D eigenvalue weighted by atomic mass is 16.5. The Morgan fingerprint density at radius 3 is 2.48 bits per heavy atom. The van der Waals surface area contributed by atoms with Crippen LogP contribution in [0.15, 0.2) is 59.4 Å². The number of benzene rings is 2. The number of methoxy groups -OCH3 is 1. The highest BCUT2D eigenvalue weighted by Crippen LogP contribution is 2.28. The van der Waals surface area contributed by atoms with E-state index in [0.717, 1.165) is 0 Å². The summed E-state index contributed by atoms with van der Waals surface area (Å²) in [7, 11) is 1.53. The molecular weight excluding hydrogens is 346 g/mol. The predicted molar refractivity (Wildman–Crippen MR) is 100.0 cm³/mol. The molecular formula is C19H15N5O3. The number of hydrogen-bond donors (Lipinski definition) is 2. The Hall–Kier alpha value is -3.94. The maximum atomic E-state index is 12.5. The molecule has 2 aromatic carbocycles. The summed E-state index contributed by atoms with van der Waals surface area (Å²) < 4.78 is 6.74. The molecule has 0 bridgehead atoms. The summed E-state index contributed by atoms with van der Waals surface area (Å²) in [6.07, 6.45) is 0. The lowest BCUT2D eigenvalue weighted by molar-refractivity contribution is 0.0997. The molecule has 1 amide bonds. The third-order valence-corrected chi connectivity index (χ3v) is 4.13. The molecule has 0 radical (unpaired) electrons. The Morgan fingerprint density at radius 1 is 1.07 bits per heavy atom. The number of hydrogen-bond acceptors (Lipinski definition) is 5. The maximum absolute atomic E-state index is 12.5. The van der Waals surface area contributed by atoms with Crippen molar-refractivity contribution in [3.8, 4) is 22.8 Å². The van der Waals surface area contributed by atoms with Gasteiger partial charge in [0, 0.05) is 0 Å². The minimum atomic E-state index is -0.764. The fourth-order valence-corrected chi connectivity index (χ4v) is 2.93. The number of amides is 1. The Balaban J connectivity index is 2.09. The molecule has 4 rings (SSSR count). The summed E-state index contributed by atoms with van der Waals surface area (Å²) in [5.41, 5.74) is 6.64. The van der Waals surface area contributed by atoms with Crippen molar-refractivity contribution in [1.82, 2.24) is 19.5 Å². The normalized spacial score (nSPS) is 10.9. The first-order valence-electron chi connectivity index (χ1n) is 8.11. The first-order valence-corrected chi connectivity index (χ1v) is 8.11. The van der Waals surface area contributed by atoms with Gasteiger partial charge in [-0.25, -0.2) is 19.3 Å². The van der Waals surface area contributed by atoms with E-state index in [2.05, 4.69) is 15.0 Å². The standard InChI is InChI=1S/C19H15N5O3/c1-27-13-10-6-5-9-12(13)17-21-14(16(20)25)15-18(23-17)24(19(26)22-15)11-7-3-2-4-8-11/h2-10H,1H3,(H2,20,25)(H,22,26). The number of fused-ring (bicyclic) bond motifs is 1. The second-order valence-corrected chi connectivity index (χ2v) is 5.76. The van der Waals surface area contributed by atoms with Crippen molar-refractivity contribution < 1.29 is 9.53 Å². The number of aromatic nitrogens is 4.